The van der Waals surface area contributed by atoms with Crippen LogP contribution in [0.1, 0.15) is 51.9 Å². The predicted octanol–water partition coefficient (Wildman–Crippen LogP) is 3.38. The Labute approximate surface area is 162 Å². The van der Waals surface area contributed by atoms with Gasteiger partial charge in [-0.15, -0.1) is 0 Å². The SMILES string of the molecule is CC/C=C\C/C=C\C/C=C\C[C@@H]1[C@@H](/C=C/[C@@H](O)CCC(=O)O)[C@H](O)C[C@@H]1O. The van der Waals surface area contributed by atoms with E-state index in [1.807, 2.05) is 6.08 Å². The Morgan fingerprint density at radius 2 is 1.67 bits per heavy atom. The van der Waals surface area contributed by atoms with Gasteiger partial charge in [-0.1, -0.05) is 55.5 Å². The van der Waals surface area contributed by atoms with Crippen LogP contribution in [0.4, 0.5) is 0 Å². The number of rotatable bonds is 12. The second-order valence-electron chi connectivity index (χ2n) is 7.03. The average molecular weight is 379 g/mol. The molecule has 0 amide bonds. The smallest absolute Gasteiger partial charge is 0.303 e. The molecule has 1 rings (SSSR count). The average Bonchev–Trinajstić information content (AvgIpc) is 2.89. The third-order valence-electron chi connectivity index (χ3n) is 4.81. The summed E-state index contributed by atoms with van der Waals surface area (Å²) in [5.41, 5.74) is 0. The number of carboxylic acids is 1. The second kappa shape index (κ2) is 13.5. The molecule has 1 fully saturated rings. The summed E-state index contributed by atoms with van der Waals surface area (Å²) in [7, 11) is 0. The highest BCUT2D eigenvalue weighted by molar-refractivity contribution is 5.66. The van der Waals surface area contributed by atoms with Crippen LogP contribution in [0.25, 0.3) is 0 Å². The minimum Gasteiger partial charge on any atom is -0.481 e. The van der Waals surface area contributed by atoms with Crippen molar-refractivity contribution in [3.05, 3.63) is 48.6 Å². The van der Waals surface area contributed by atoms with Gasteiger partial charge < -0.3 is 20.4 Å². The minimum atomic E-state index is -0.947. The van der Waals surface area contributed by atoms with Crippen molar-refractivity contribution in [3.8, 4) is 0 Å². The first-order valence-corrected chi connectivity index (χ1v) is 9.85. The van der Waals surface area contributed by atoms with Crippen molar-refractivity contribution in [3.63, 3.8) is 0 Å². The van der Waals surface area contributed by atoms with E-state index in [4.69, 9.17) is 5.11 Å². The third-order valence-corrected chi connectivity index (χ3v) is 4.81. The molecule has 0 spiro atoms. The fraction of sp³-hybridized carbons (Fsp3) is 0.591. The van der Waals surface area contributed by atoms with Crippen LogP contribution in [-0.2, 0) is 4.79 Å². The minimum absolute atomic E-state index is 0.101. The molecule has 27 heavy (non-hydrogen) atoms. The Hall–Kier alpha value is -1.69. The molecule has 5 nitrogen and oxygen atoms in total. The number of aliphatic hydroxyl groups is 3. The van der Waals surface area contributed by atoms with Gasteiger partial charge >= 0.3 is 5.97 Å². The van der Waals surface area contributed by atoms with E-state index in [2.05, 4.69) is 37.3 Å². The summed E-state index contributed by atoms with van der Waals surface area (Å²) in [5.74, 6) is -1.29. The summed E-state index contributed by atoms with van der Waals surface area (Å²) in [6.45, 7) is 2.11. The molecule has 0 unspecified atom stereocenters. The standard InChI is InChI=1S/C22H34O5/c1-2-3-4-5-6-7-8-9-10-11-18-19(21(25)16-20(18)24)14-12-17(23)13-15-22(26)27/h3-4,6-7,9-10,12,14,17-21,23-25H,2,5,8,11,13,15-16H2,1H3,(H,26,27)/b4-3-,7-6-,10-9-,14-12+/t17-,18-,19-,20+,21-/m1/s1. The summed E-state index contributed by atoms with van der Waals surface area (Å²) in [5, 5.41) is 38.9. The lowest BCUT2D eigenvalue weighted by Gasteiger charge is -2.19. The Morgan fingerprint density at radius 3 is 2.30 bits per heavy atom. The third kappa shape index (κ3) is 9.70. The highest BCUT2D eigenvalue weighted by Gasteiger charge is 2.39. The normalized spacial score (nSPS) is 27.6. The highest BCUT2D eigenvalue weighted by atomic mass is 16.4. The number of aliphatic carboxylic acids is 1. The first kappa shape index (κ1) is 23.3. The van der Waals surface area contributed by atoms with Gasteiger partial charge in [0.05, 0.1) is 18.3 Å². The van der Waals surface area contributed by atoms with E-state index >= 15 is 0 Å². The summed E-state index contributed by atoms with van der Waals surface area (Å²) < 4.78 is 0. The zero-order valence-electron chi connectivity index (χ0n) is 16.2. The van der Waals surface area contributed by atoms with Crippen molar-refractivity contribution < 1.29 is 25.2 Å². The van der Waals surface area contributed by atoms with E-state index < -0.39 is 24.3 Å². The van der Waals surface area contributed by atoms with Crippen molar-refractivity contribution in [2.45, 2.75) is 70.2 Å². The fourth-order valence-corrected chi connectivity index (χ4v) is 3.29. The van der Waals surface area contributed by atoms with E-state index in [0.717, 1.165) is 19.3 Å². The number of carbonyl (C=O) groups is 1. The van der Waals surface area contributed by atoms with Gasteiger partial charge in [0.15, 0.2) is 0 Å². The summed E-state index contributed by atoms with van der Waals surface area (Å²) >= 11 is 0. The van der Waals surface area contributed by atoms with E-state index in [1.54, 1.807) is 6.08 Å². The van der Waals surface area contributed by atoms with Gasteiger partial charge in [0.1, 0.15) is 0 Å². The lowest BCUT2D eigenvalue weighted by molar-refractivity contribution is -0.137. The quantitative estimate of drug-likeness (QED) is 0.390. The Bertz CT molecular complexity index is 535. The molecule has 5 heteroatoms. The van der Waals surface area contributed by atoms with Crippen LogP contribution >= 0.6 is 0 Å². The number of allylic oxidation sites excluding steroid dienone is 6. The van der Waals surface area contributed by atoms with Crippen molar-refractivity contribution in [1.82, 2.24) is 0 Å². The molecule has 5 atom stereocenters. The topological polar surface area (TPSA) is 98.0 Å². The lowest BCUT2D eigenvalue weighted by Crippen LogP contribution is -2.20. The van der Waals surface area contributed by atoms with Crippen LogP contribution in [0.15, 0.2) is 48.6 Å². The van der Waals surface area contributed by atoms with Crippen molar-refractivity contribution in [1.29, 1.82) is 0 Å². The molecule has 0 aromatic heterocycles. The number of aliphatic hydroxyl groups excluding tert-OH is 3. The van der Waals surface area contributed by atoms with Crippen LogP contribution < -0.4 is 0 Å². The number of carboxylic acid groups (broad SMARTS) is 1. The number of hydrogen-bond acceptors (Lipinski definition) is 4. The molecule has 0 radical (unpaired) electrons. The maximum Gasteiger partial charge on any atom is 0.303 e. The predicted molar refractivity (Wildman–Crippen MR) is 107 cm³/mol. The van der Waals surface area contributed by atoms with Crippen molar-refractivity contribution >= 4 is 5.97 Å². The monoisotopic (exact) mass is 378 g/mol. The van der Waals surface area contributed by atoms with E-state index in [-0.39, 0.29) is 24.7 Å². The molecule has 0 bridgehead atoms. The molecule has 0 heterocycles. The lowest BCUT2D eigenvalue weighted by atomic mass is 9.89. The maximum atomic E-state index is 10.5. The van der Waals surface area contributed by atoms with Gasteiger partial charge in [-0.3, -0.25) is 4.79 Å². The molecule has 1 aliphatic carbocycles. The molecule has 152 valence electrons. The molecule has 0 aliphatic heterocycles. The van der Waals surface area contributed by atoms with E-state index in [1.165, 1.54) is 6.08 Å². The van der Waals surface area contributed by atoms with Crippen LogP contribution in [-0.4, -0.2) is 44.7 Å². The summed E-state index contributed by atoms with van der Waals surface area (Å²) in [6, 6.07) is 0. The summed E-state index contributed by atoms with van der Waals surface area (Å²) in [4.78, 5) is 10.5. The van der Waals surface area contributed by atoms with E-state index in [9.17, 15) is 20.1 Å². The van der Waals surface area contributed by atoms with Gasteiger partial charge in [0, 0.05) is 18.8 Å². The molecule has 1 aliphatic rings. The second-order valence-corrected chi connectivity index (χ2v) is 7.03. The van der Waals surface area contributed by atoms with Gasteiger partial charge in [-0.05, 0) is 38.0 Å². The molecular formula is C22H34O5. The molecule has 1 saturated carbocycles. The van der Waals surface area contributed by atoms with Crippen molar-refractivity contribution in [2.24, 2.45) is 11.8 Å². The van der Waals surface area contributed by atoms with E-state index in [0.29, 0.717) is 12.8 Å². The van der Waals surface area contributed by atoms with Crippen LogP contribution in [0.3, 0.4) is 0 Å². The van der Waals surface area contributed by atoms with Gasteiger partial charge in [-0.25, -0.2) is 0 Å². The molecule has 4 N–H and O–H groups in total. The Balaban J connectivity index is 2.47. The Kier molecular flexibility index (Phi) is 11.7. The first-order valence-electron chi connectivity index (χ1n) is 9.85. The number of hydrogen-bond donors (Lipinski definition) is 4. The summed E-state index contributed by atoms with van der Waals surface area (Å²) in [6.07, 6.45) is 17.6. The van der Waals surface area contributed by atoms with Crippen molar-refractivity contribution in [2.75, 3.05) is 0 Å². The van der Waals surface area contributed by atoms with Crippen LogP contribution in [0, 0.1) is 11.8 Å². The van der Waals surface area contributed by atoms with Crippen LogP contribution in [0.5, 0.6) is 0 Å². The van der Waals surface area contributed by atoms with Gasteiger partial charge in [-0.2, -0.15) is 0 Å². The molecular weight excluding hydrogens is 344 g/mol. The zero-order valence-corrected chi connectivity index (χ0v) is 16.2. The van der Waals surface area contributed by atoms with Gasteiger partial charge in [0.2, 0.25) is 0 Å². The molecule has 0 aromatic rings. The largest absolute Gasteiger partial charge is 0.481 e. The van der Waals surface area contributed by atoms with Gasteiger partial charge in [0.25, 0.3) is 0 Å². The highest BCUT2D eigenvalue weighted by Crippen LogP contribution is 2.36. The fourth-order valence-electron chi connectivity index (χ4n) is 3.29. The zero-order chi connectivity index (χ0) is 20.1. The molecule has 0 saturated heterocycles. The maximum absolute atomic E-state index is 10.5. The first-order chi connectivity index (χ1) is 13.0. The molecule has 0 aromatic carbocycles. The van der Waals surface area contributed by atoms with Crippen LogP contribution in [0.2, 0.25) is 0 Å². The Morgan fingerprint density at radius 1 is 1.04 bits per heavy atom.